The van der Waals surface area contributed by atoms with Crippen LogP contribution in [0.3, 0.4) is 0 Å². The van der Waals surface area contributed by atoms with Gasteiger partial charge in [0, 0.05) is 48.5 Å². The number of pyridine rings is 2. The molecule has 4 rings (SSSR count). The zero-order chi connectivity index (χ0) is 22.0. The Balaban J connectivity index is 1.82. The zero-order valence-corrected chi connectivity index (χ0v) is 16.6. The number of aromatic nitrogens is 4. The number of nitrogens with zero attached hydrogens (tertiary/aromatic N) is 5. The first-order chi connectivity index (χ1) is 14.8. The first-order valence-electron chi connectivity index (χ1n) is 9.54. The van der Waals surface area contributed by atoms with Gasteiger partial charge in [0.15, 0.2) is 0 Å². The van der Waals surface area contributed by atoms with Crippen molar-refractivity contribution in [3.63, 3.8) is 0 Å². The third-order valence-electron chi connectivity index (χ3n) is 4.68. The van der Waals surface area contributed by atoms with E-state index in [9.17, 15) is 13.2 Å². The number of anilines is 4. The van der Waals surface area contributed by atoms with Crippen LogP contribution in [-0.4, -0.2) is 46.2 Å². The van der Waals surface area contributed by atoms with Crippen molar-refractivity contribution < 1.29 is 17.9 Å². The molecule has 0 unspecified atom stereocenters. The van der Waals surface area contributed by atoms with Gasteiger partial charge >= 0.3 is 6.18 Å². The number of alkyl halides is 3. The average molecular weight is 431 g/mol. The summed E-state index contributed by atoms with van der Waals surface area (Å²) >= 11 is 0. The molecule has 0 atom stereocenters. The molecule has 1 fully saturated rings. The van der Waals surface area contributed by atoms with Crippen LogP contribution >= 0.6 is 0 Å². The molecule has 0 amide bonds. The van der Waals surface area contributed by atoms with Gasteiger partial charge in [0.2, 0.25) is 5.95 Å². The second kappa shape index (κ2) is 8.34. The van der Waals surface area contributed by atoms with E-state index in [-0.39, 0.29) is 17.1 Å². The molecule has 3 aromatic heterocycles. The van der Waals surface area contributed by atoms with Gasteiger partial charge in [-0.1, -0.05) is 0 Å². The van der Waals surface area contributed by atoms with E-state index in [4.69, 9.17) is 10.5 Å². The summed E-state index contributed by atoms with van der Waals surface area (Å²) in [6.07, 6.45) is -1.90. The lowest BCUT2D eigenvalue weighted by atomic mass is 10.1. The summed E-state index contributed by atoms with van der Waals surface area (Å²) < 4.78 is 46.4. The predicted molar refractivity (Wildman–Crippen MR) is 110 cm³/mol. The van der Waals surface area contributed by atoms with Crippen molar-refractivity contribution in [1.82, 2.24) is 19.9 Å². The number of nitrogen functional groups attached to an aromatic ring is 1. The van der Waals surface area contributed by atoms with Crippen molar-refractivity contribution >= 4 is 23.3 Å². The van der Waals surface area contributed by atoms with E-state index in [2.05, 4.69) is 25.3 Å². The van der Waals surface area contributed by atoms with Gasteiger partial charge in [0.1, 0.15) is 11.6 Å². The summed E-state index contributed by atoms with van der Waals surface area (Å²) in [5.74, 6) is 0.435. The number of morpholine rings is 1. The molecule has 162 valence electrons. The predicted octanol–water partition coefficient (Wildman–Crippen LogP) is 3.42. The number of rotatable bonds is 4. The Morgan fingerprint density at radius 2 is 1.87 bits per heavy atom. The first-order valence-corrected chi connectivity index (χ1v) is 9.54. The Morgan fingerprint density at radius 3 is 2.58 bits per heavy atom. The van der Waals surface area contributed by atoms with Gasteiger partial charge in [0.25, 0.3) is 0 Å². The van der Waals surface area contributed by atoms with Crippen LogP contribution in [0.25, 0.3) is 11.3 Å². The van der Waals surface area contributed by atoms with Crippen molar-refractivity contribution in [2.75, 3.05) is 42.3 Å². The van der Waals surface area contributed by atoms with Crippen molar-refractivity contribution in [3.8, 4) is 11.3 Å². The van der Waals surface area contributed by atoms with Gasteiger partial charge in [-0.15, -0.1) is 0 Å². The van der Waals surface area contributed by atoms with Crippen molar-refractivity contribution in [2.45, 2.75) is 13.1 Å². The highest BCUT2D eigenvalue weighted by Crippen LogP contribution is 2.38. The molecule has 31 heavy (non-hydrogen) atoms. The molecule has 0 saturated carbocycles. The lowest BCUT2D eigenvalue weighted by Gasteiger charge is -2.27. The van der Waals surface area contributed by atoms with Crippen LogP contribution in [0.1, 0.15) is 11.3 Å². The maximum Gasteiger partial charge on any atom is 0.417 e. The molecule has 0 bridgehead atoms. The van der Waals surface area contributed by atoms with E-state index < -0.39 is 11.7 Å². The van der Waals surface area contributed by atoms with Crippen molar-refractivity contribution in [2.24, 2.45) is 0 Å². The standard InChI is InChI=1S/C20H20F3N7O/c1-12-8-13(2-3-25-12)27-18-10-16(28-19(29-18)30-4-6-31-7-5-30)14-11-26-17(24)9-15(14)20(21,22)23/h2-3,8-11H,4-7H2,1H3,(H2,24,26)(H,25,27,28,29). The summed E-state index contributed by atoms with van der Waals surface area (Å²) in [6, 6.07) is 5.82. The van der Waals surface area contributed by atoms with Crippen LogP contribution in [0, 0.1) is 6.92 Å². The second-order valence-electron chi connectivity index (χ2n) is 7.00. The fourth-order valence-electron chi connectivity index (χ4n) is 3.22. The van der Waals surface area contributed by atoms with E-state index >= 15 is 0 Å². The van der Waals surface area contributed by atoms with Gasteiger partial charge < -0.3 is 20.7 Å². The van der Waals surface area contributed by atoms with Crippen LogP contribution in [0.2, 0.25) is 0 Å². The van der Waals surface area contributed by atoms with Crippen molar-refractivity contribution in [3.05, 3.63) is 47.9 Å². The van der Waals surface area contributed by atoms with Crippen LogP contribution < -0.4 is 16.0 Å². The topological polar surface area (TPSA) is 102 Å². The normalized spacial score (nSPS) is 14.5. The molecule has 3 N–H and O–H groups in total. The Hall–Kier alpha value is -3.47. The van der Waals surface area contributed by atoms with Gasteiger partial charge in [0.05, 0.1) is 24.5 Å². The first kappa shape index (κ1) is 20.8. The fraction of sp³-hybridized carbons (Fsp3) is 0.300. The van der Waals surface area contributed by atoms with Crippen LogP contribution in [-0.2, 0) is 10.9 Å². The molecular weight excluding hydrogens is 411 g/mol. The van der Waals surface area contributed by atoms with E-state index in [0.29, 0.717) is 43.8 Å². The van der Waals surface area contributed by atoms with Gasteiger partial charge in [-0.25, -0.2) is 9.97 Å². The minimum Gasteiger partial charge on any atom is -0.384 e. The largest absolute Gasteiger partial charge is 0.417 e. The molecule has 3 aromatic rings. The van der Waals surface area contributed by atoms with Gasteiger partial charge in [-0.3, -0.25) is 4.98 Å². The number of nitrogens with two attached hydrogens (primary N) is 1. The molecule has 4 heterocycles. The molecule has 11 heteroatoms. The van der Waals surface area contributed by atoms with Gasteiger partial charge in [-0.2, -0.15) is 18.2 Å². The summed E-state index contributed by atoms with van der Waals surface area (Å²) in [7, 11) is 0. The number of hydrogen-bond donors (Lipinski definition) is 2. The Kier molecular flexibility index (Phi) is 5.59. The monoisotopic (exact) mass is 431 g/mol. The van der Waals surface area contributed by atoms with E-state index in [0.717, 1.165) is 18.0 Å². The maximum atomic E-state index is 13.7. The second-order valence-corrected chi connectivity index (χ2v) is 7.00. The quantitative estimate of drug-likeness (QED) is 0.648. The number of nitrogens with one attached hydrogen (secondary N) is 1. The number of hydrogen-bond acceptors (Lipinski definition) is 8. The lowest BCUT2D eigenvalue weighted by molar-refractivity contribution is -0.137. The number of ether oxygens (including phenoxy) is 1. The summed E-state index contributed by atoms with van der Waals surface area (Å²) in [6.45, 7) is 3.87. The molecule has 1 aliphatic rings. The number of halogens is 3. The molecule has 0 spiro atoms. The maximum absolute atomic E-state index is 13.7. The number of aryl methyl sites for hydroxylation is 1. The van der Waals surface area contributed by atoms with Crippen LogP contribution in [0.4, 0.5) is 36.4 Å². The summed E-state index contributed by atoms with van der Waals surface area (Å²) in [5, 5.41) is 3.13. The van der Waals surface area contributed by atoms with Gasteiger partial charge in [-0.05, 0) is 25.1 Å². The molecule has 0 radical (unpaired) electrons. The molecule has 0 aliphatic carbocycles. The molecule has 0 aromatic carbocycles. The Morgan fingerprint density at radius 1 is 1.10 bits per heavy atom. The minimum absolute atomic E-state index is 0.0876. The average Bonchev–Trinajstić information content (AvgIpc) is 2.73. The highest BCUT2D eigenvalue weighted by atomic mass is 19.4. The van der Waals surface area contributed by atoms with Crippen LogP contribution in [0.5, 0.6) is 0 Å². The van der Waals surface area contributed by atoms with Crippen molar-refractivity contribution in [1.29, 1.82) is 0 Å². The van der Waals surface area contributed by atoms with E-state index in [1.54, 1.807) is 12.3 Å². The van der Waals surface area contributed by atoms with Crippen LogP contribution in [0.15, 0.2) is 36.7 Å². The third kappa shape index (κ3) is 4.82. The molecule has 1 saturated heterocycles. The molecule has 1 aliphatic heterocycles. The highest BCUT2D eigenvalue weighted by Gasteiger charge is 2.35. The third-order valence-corrected chi connectivity index (χ3v) is 4.68. The molecule has 8 nitrogen and oxygen atoms in total. The smallest absolute Gasteiger partial charge is 0.384 e. The zero-order valence-electron chi connectivity index (χ0n) is 16.6. The van der Waals surface area contributed by atoms with E-state index in [1.165, 1.54) is 6.07 Å². The Bertz CT molecular complexity index is 1080. The SMILES string of the molecule is Cc1cc(Nc2cc(-c3cnc(N)cc3C(F)(F)F)nc(N3CCOCC3)n2)ccn1. The minimum atomic E-state index is -4.62. The molecular formula is C20H20F3N7O. The Labute approximate surface area is 176 Å². The lowest BCUT2D eigenvalue weighted by Crippen LogP contribution is -2.37. The highest BCUT2D eigenvalue weighted by molar-refractivity contribution is 5.71. The summed E-state index contributed by atoms with van der Waals surface area (Å²) in [4.78, 5) is 18.8. The van der Waals surface area contributed by atoms with E-state index in [1.807, 2.05) is 17.9 Å². The fourth-order valence-corrected chi connectivity index (χ4v) is 3.22. The summed E-state index contributed by atoms with van der Waals surface area (Å²) in [5.41, 5.74) is 6.01.